The second-order valence-electron chi connectivity index (χ2n) is 4.25. The summed E-state index contributed by atoms with van der Waals surface area (Å²) in [6.45, 7) is 1.75. The number of hydrogen-bond acceptors (Lipinski definition) is 3. The van der Waals surface area contributed by atoms with Gasteiger partial charge in [-0.1, -0.05) is 17.7 Å². The highest BCUT2D eigenvalue weighted by Crippen LogP contribution is 2.41. The van der Waals surface area contributed by atoms with Crippen LogP contribution in [0.3, 0.4) is 0 Å². The van der Waals surface area contributed by atoms with Crippen molar-refractivity contribution in [1.82, 2.24) is 4.98 Å². The van der Waals surface area contributed by atoms with Gasteiger partial charge in [0, 0.05) is 38.6 Å². The van der Waals surface area contributed by atoms with Crippen molar-refractivity contribution in [1.29, 1.82) is 0 Å². The summed E-state index contributed by atoms with van der Waals surface area (Å²) in [5.74, 6) is 0. The normalized spacial score (nSPS) is 11.1. The van der Waals surface area contributed by atoms with Crippen molar-refractivity contribution in [2.75, 3.05) is 0 Å². The molecule has 0 aliphatic heterocycles. The highest BCUT2D eigenvalue weighted by atomic mass is 35.5. The highest BCUT2D eigenvalue weighted by molar-refractivity contribution is 7.14. The summed E-state index contributed by atoms with van der Waals surface area (Å²) in [4.78, 5) is 14.6. The van der Waals surface area contributed by atoms with Gasteiger partial charge in [-0.25, -0.2) is 0 Å². The summed E-state index contributed by atoms with van der Waals surface area (Å²) in [5.41, 5.74) is 2.59. The number of H-pyrrole nitrogens is 1. The number of aryl methyl sites for hydroxylation is 1. The Morgan fingerprint density at radius 1 is 1.42 bits per heavy atom. The lowest BCUT2D eigenvalue weighted by molar-refractivity contribution is -0.384. The van der Waals surface area contributed by atoms with Crippen molar-refractivity contribution >= 4 is 39.5 Å². The molecule has 0 bridgehead atoms. The molecule has 0 unspecified atom stereocenters. The molecule has 96 valence electrons. The SMILES string of the molecule is Cc1csc(-c2c[nH]c3cc(Cl)ccc23)c1[N+](=O)[O-]. The van der Waals surface area contributed by atoms with Gasteiger partial charge in [-0.3, -0.25) is 10.1 Å². The molecule has 3 rings (SSSR count). The Labute approximate surface area is 117 Å². The molecule has 1 aromatic carbocycles. The molecule has 0 saturated heterocycles. The summed E-state index contributed by atoms with van der Waals surface area (Å²) in [5, 5.41) is 14.6. The van der Waals surface area contributed by atoms with Crippen molar-refractivity contribution in [2.24, 2.45) is 0 Å². The molecule has 0 fully saturated rings. The Balaban J connectivity index is 2.28. The van der Waals surface area contributed by atoms with Crippen molar-refractivity contribution in [2.45, 2.75) is 6.92 Å². The number of thiophene rings is 1. The second-order valence-corrected chi connectivity index (χ2v) is 5.56. The Hall–Kier alpha value is -1.85. The third-order valence-electron chi connectivity index (χ3n) is 3.01. The van der Waals surface area contributed by atoms with E-state index in [4.69, 9.17) is 11.6 Å². The number of nitrogens with zero attached hydrogens (tertiary/aromatic N) is 1. The molecule has 1 N–H and O–H groups in total. The summed E-state index contributed by atoms with van der Waals surface area (Å²) >= 11 is 7.32. The second kappa shape index (κ2) is 4.36. The molecule has 6 heteroatoms. The van der Waals surface area contributed by atoms with Gasteiger partial charge in [-0.2, -0.15) is 0 Å². The topological polar surface area (TPSA) is 58.9 Å². The Kier molecular flexibility index (Phi) is 2.80. The monoisotopic (exact) mass is 292 g/mol. The quantitative estimate of drug-likeness (QED) is 0.546. The third kappa shape index (κ3) is 1.91. The van der Waals surface area contributed by atoms with Crippen LogP contribution in [0.4, 0.5) is 5.69 Å². The summed E-state index contributed by atoms with van der Waals surface area (Å²) in [6, 6.07) is 5.47. The van der Waals surface area contributed by atoms with E-state index in [1.54, 1.807) is 19.2 Å². The van der Waals surface area contributed by atoms with E-state index in [9.17, 15) is 10.1 Å². The van der Waals surface area contributed by atoms with Crippen molar-refractivity contribution < 1.29 is 4.92 Å². The van der Waals surface area contributed by atoms with E-state index in [1.165, 1.54) is 11.3 Å². The number of benzene rings is 1. The van der Waals surface area contributed by atoms with Crippen LogP contribution in [0.15, 0.2) is 29.8 Å². The number of aromatic nitrogens is 1. The van der Waals surface area contributed by atoms with Crippen LogP contribution in [-0.4, -0.2) is 9.91 Å². The summed E-state index contributed by atoms with van der Waals surface area (Å²) in [7, 11) is 0. The van der Waals surface area contributed by atoms with Crippen molar-refractivity contribution in [3.05, 3.63) is 50.5 Å². The average Bonchev–Trinajstić information content (AvgIpc) is 2.91. The third-order valence-corrected chi connectivity index (χ3v) is 4.37. The lowest BCUT2D eigenvalue weighted by Gasteiger charge is -1.97. The van der Waals surface area contributed by atoms with Gasteiger partial charge in [0.25, 0.3) is 5.69 Å². The lowest BCUT2D eigenvalue weighted by Crippen LogP contribution is -1.89. The number of nitrogens with one attached hydrogen (secondary N) is 1. The van der Waals surface area contributed by atoms with Gasteiger partial charge >= 0.3 is 0 Å². The van der Waals surface area contributed by atoms with E-state index in [0.29, 0.717) is 15.5 Å². The first-order chi connectivity index (χ1) is 9.08. The van der Waals surface area contributed by atoms with E-state index in [0.717, 1.165) is 16.5 Å². The molecular formula is C13H9ClN2O2S. The maximum absolute atomic E-state index is 11.2. The molecule has 4 nitrogen and oxygen atoms in total. The molecule has 0 radical (unpaired) electrons. The summed E-state index contributed by atoms with van der Waals surface area (Å²) in [6.07, 6.45) is 1.79. The zero-order valence-corrected chi connectivity index (χ0v) is 11.5. The number of halogens is 1. The van der Waals surface area contributed by atoms with Gasteiger partial charge in [-0.05, 0) is 19.1 Å². The van der Waals surface area contributed by atoms with Crippen LogP contribution < -0.4 is 0 Å². The first-order valence-electron chi connectivity index (χ1n) is 5.57. The van der Waals surface area contributed by atoms with E-state index in [2.05, 4.69) is 4.98 Å². The van der Waals surface area contributed by atoms with Crippen molar-refractivity contribution in [3.8, 4) is 10.4 Å². The summed E-state index contributed by atoms with van der Waals surface area (Å²) < 4.78 is 0. The van der Waals surface area contributed by atoms with Crippen LogP contribution in [0.5, 0.6) is 0 Å². The van der Waals surface area contributed by atoms with E-state index < -0.39 is 0 Å². The molecule has 0 amide bonds. The fourth-order valence-electron chi connectivity index (χ4n) is 2.14. The number of fused-ring (bicyclic) bond motifs is 1. The van der Waals surface area contributed by atoms with Crippen LogP contribution >= 0.6 is 22.9 Å². The largest absolute Gasteiger partial charge is 0.360 e. The minimum Gasteiger partial charge on any atom is -0.360 e. The minimum atomic E-state index is -0.323. The van der Waals surface area contributed by atoms with Gasteiger partial charge in [0.15, 0.2) is 0 Å². The van der Waals surface area contributed by atoms with Gasteiger partial charge in [0.2, 0.25) is 0 Å². The van der Waals surface area contributed by atoms with Gasteiger partial charge in [-0.15, -0.1) is 11.3 Å². The molecule has 0 aliphatic rings. The molecule has 0 spiro atoms. The molecule has 2 heterocycles. The van der Waals surface area contributed by atoms with Crippen LogP contribution in [0, 0.1) is 17.0 Å². The molecular weight excluding hydrogens is 284 g/mol. The predicted molar refractivity (Wildman–Crippen MR) is 78.0 cm³/mol. The smallest absolute Gasteiger partial charge is 0.290 e. The molecule has 0 aliphatic carbocycles. The Morgan fingerprint density at radius 3 is 2.95 bits per heavy atom. The van der Waals surface area contributed by atoms with E-state index in [1.807, 2.05) is 17.5 Å². The zero-order valence-electron chi connectivity index (χ0n) is 9.94. The fraction of sp³-hybridized carbons (Fsp3) is 0.0769. The van der Waals surface area contributed by atoms with Gasteiger partial charge in [0.05, 0.1) is 4.92 Å². The molecule has 0 saturated carbocycles. The number of rotatable bonds is 2. The van der Waals surface area contributed by atoms with Crippen LogP contribution in [-0.2, 0) is 0 Å². The fourth-order valence-corrected chi connectivity index (χ4v) is 3.36. The molecule has 19 heavy (non-hydrogen) atoms. The van der Waals surface area contributed by atoms with E-state index in [-0.39, 0.29) is 10.6 Å². The van der Waals surface area contributed by atoms with Crippen LogP contribution in [0.1, 0.15) is 5.56 Å². The molecule has 3 aromatic rings. The standard InChI is InChI=1S/C13H9ClN2O2S/c1-7-6-19-13(12(7)16(17)18)10-5-15-11-4-8(14)2-3-9(10)11/h2-6,15H,1H3. The predicted octanol–water partition coefficient (Wildman–Crippen LogP) is 4.77. The first-order valence-corrected chi connectivity index (χ1v) is 6.83. The van der Waals surface area contributed by atoms with E-state index >= 15 is 0 Å². The van der Waals surface area contributed by atoms with Crippen LogP contribution in [0.25, 0.3) is 21.3 Å². The molecule has 2 aromatic heterocycles. The Bertz CT molecular complexity index is 791. The van der Waals surface area contributed by atoms with Gasteiger partial charge < -0.3 is 4.98 Å². The van der Waals surface area contributed by atoms with Crippen molar-refractivity contribution in [3.63, 3.8) is 0 Å². The number of hydrogen-bond donors (Lipinski definition) is 1. The lowest BCUT2D eigenvalue weighted by atomic mass is 10.1. The Morgan fingerprint density at radius 2 is 2.21 bits per heavy atom. The number of aromatic amines is 1. The number of nitro groups is 1. The minimum absolute atomic E-state index is 0.181. The highest BCUT2D eigenvalue weighted by Gasteiger charge is 2.23. The molecule has 0 atom stereocenters. The van der Waals surface area contributed by atoms with Gasteiger partial charge in [0.1, 0.15) is 4.88 Å². The average molecular weight is 293 g/mol. The maximum atomic E-state index is 11.2. The first kappa shape index (κ1) is 12.2. The maximum Gasteiger partial charge on any atom is 0.290 e. The van der Waals surface area contributed by atoms with Crippen LogP contribution in [0.2, 0.25) is 5.02 Å². The zero-order chi connectivity index (χ0) is 13.6.